The van der Waals surface area contributed by atoms with Crippen LogP contribution < -0.4 is 10.6 Å². The van der Waals surface area contributed by atoms with E-state index in [1.54, 1.807) is 43.5 Å². The maximum Gasteiger partial charge on any atom is 0.274 e. The minimum atomic E-state index is -0.576. The van der Waals surface area contributed by atoms with Gasteiger partial charge in [-0.25, -0.2) is 9.67 Å². The number of pyridine rings is 1. The summed E-state index contributed by atoms with van der Waals surface area (Å²) >= 11 is 12.8. The lowest BCUT2D eigenvalue weighted by Crippen LogP contribution is -2.41. The lowest BCUT2D eigenvalue weighted by atomic mass is 10.0. The van der Waals surface area contributed by atoms with Gasteiger partial charge in [0, 0.05) is 17.3 Å². The van der Waals surface area contributed by atoms with Gasteiger partial charge >= 0.3 is 0 Å². The van der Waals surface area contributed by atoms with Crippen LogP contribution in [-0.2, 0) is 6.54 Å². The number of nitrogens with zero attached hydrogens (tertiary/aromatic N) is 7. The van der Waals surface area contributed by atoms with Crippen LogP contribution in [-0.4, -0.2) is 47.1 Å². The molecule has 0 radical (unpaired) electrons. The first-order valence-corrected chi connectivity index (χ1v) is 14.2. The van der Waals surface area contributed by atoms with E-state index in [0.717, 1.165) is 5.56 Å². The average molecular weight is 629 g/mol. The number of hydrogen-bond acceptors (Lipinski definition) is 7. The Kier molecular flexibility index (Phi) is 8.49. The molecule has 11 nitrogen and oxygen atoms in total. The summed E-state index contributed by atoms with van der Waals surface area (Å²) in [4.78, 5) is 32.9. The van der Waals surface area contributed by atoms with Gasteiger partial charge in [-0.15, -0.1) is 0 Å². The summed E-state index contributed by atoms with van der Waals surface area (Å²) in [5.41, 5.74) is 2.54. The van der Waals surface area contributed by atoms with Gasteiger partial charge in [0.2, 0.25) is 0 Å². The van der Waals surface area contributed by atoms with Crippen molar-refractivity contribution in [3.63, 3.8) is 0 Å². The van der Waals surface area contributed by atoms with Crippen molar-refractivity contribution in [2.24, 2.45) is 0 Å². The summed E-state index contributed by atoms with van der Waals surface area (Å²) < 4.78 is 1.33. The van der Waals surface area contributed by atoms with E-state index >= 15 is 0 Å². The van der Waals surface area contributed by atoms with Gasteiger partial charge in [0.05, 0.1) is 44.8 Å². The number of aromatic nitrogens is 6. The van der Waals surface area contributed by atoms with Crippen LogP contribution in [0.25, 0.3) is 17.1 Å². The summed E-state index contributed by atoms with van der Waals surface area (Å²) in [5.74, 6) is -0.777. The largest absolute Gasteiger partial charge is 0.347 e. The molecule has 222 valence electrons. The van der Waals surface area contributed by atoms with Crippen LogP contribution in [0.1, 0.15) is 58.4 Å². The second-order valence-corrected chi connectivity index (χ2v) is 11.8. The van der Waals surface area contributed by atoms with E-state index in [9.17, 15) is 14.9 Å². The number of hydrogen-bond donors (Lipinski definition) is 2. The number of carbonyl (C=O) groups excluding carboxylic acids is 2. The fourth-order valence-electron chi connectivity index (χ4n) is 4.46. The topological polar surface area (TPSA) is 143 Å². The maximum atomic E-state index is 13.9. The van der Waals surface area contributed by atoms with Crippen LogP contribution in [0, 0.1) is 18.3 Å². The van der Waals surface area contributed by atoms with Crippen LogP contribution in [0.4, 0.5) is 5.69 Å². The number of benzene rings is 2. The van der Waals surface area contributed by atoms with E-state index in [1.165, 1.54) is 21.7 Å². The molecule has 0 spiro atoms. The zero-order valence-electron chi connectivity index (χ0n) is 24.3. The predicted molar refractivity (Wildman–Crippen MR) is 167 cm³/mol. The Balaban J connectivity index is 1.52. The zero-order chi connectivity index (χ0) is 31.6. The summed E-state index contributed by atoms with van der Waals surface area (Å²) in [6.45, 7) is 7.35. The van der Waals surface area contributed by atoms with Crippen molar-refractivity contribution in [1.82, 2.24) is 35.1 Å². The average Bonchev–Trinajstić information content (AvgIpc) is 3.61. The molecule has 0 atom stereocenters. The van der Waals surface area contributed by atoms with Gasteiger partial charge < -0.3 is 10.6 Å². The van der Waals surface area contributed by atoms with E-state index in [4.69, 9.17) is 23.2 Å². The van der Waals surface area contributed by atoms with Crippen LogP contribution in [0.3, 0.4) is 0 Å². The van der Waals surface area contributed by atoms with Gasteiger partial charge in [-0.2, -0.15) is 25.4 Å². The van der Waals surface area contributed by atoms with Crippen molar-refractivity contribution in [1.29, 1.82) is 5.26 Å². The third-order valence-electron chi connectivity index (χ3n) is 6.36. The molecule has 0 aliphatic rings. The Bertz CT molecular complexity index is 1930. The molecule has 5 aromatic rings. The first-order valence-electron chi connectivity index (χ1n) is 13.5. The van der Waals surface area contributed by atoms with Gasteiger partial charge in [0.15, 0.2) is 5.82 Å². The molecule has 3 heterocycles. The molecule has 0 saturated carbocycles. The monoisotopic (exact) mass is 627 g/mol. The number of nitrogens with one attached hydrogen (secondary N) is 2. The van der Waals surface area contributed by atoms with Crippen LogP contribution in [0.5, 0.6) is 0 Å². The van der Waals surface area contributed by atoms with Gasteiger partial charge in [0.1, 0.15) is 17.9 Å². The van der Waals surface area contributed by atoms with Crippen molar-refractivity contribution in [2.45, 2.75) is 39.8 Å². The highest BCUT2D eigenvalue weighted by atomic mass is 35.5. The van der Waals surface area contributed by atoms with Crippen LogP contribution in [0.15, 0.2) is 67.0 Å². The fourth-order valence-corrected chi connectivity index (χ4v) is 4.89. The number of carbonyl (C=O) groups is 2. The van der Waals surface area contributed by atoms with Crippen molar-refractivity contribution in [3.05, 3.63) is 105 Å². The first-order chi connectivity index (χ1) is 20.9. The minimum Gasteiger partial charge on any atom is -0.347 e. The number of anilines is 1. The first kappa shape index (κ1) is 30.4. The molecule has 3 aromatic heterocycles. The minimum absolute atomic E-state index is 0.102. The molecule has 5 rings (SSSR count). The standard InChI is InChI=1S/C31H27Cl2N9O2/c1-18-12-19(15-34)13-22(29(43)38-31(2,3)4)27(18)37-30(44)26-14-20(39-42(26)28-24(33)10-7-11-35-28)17-41-36-16-25(40-41)21-8-5-6-9-23(21)32/h5-14,16H,17H2,1-4H3,(H,37,44)(H,38,43). The van der Waals surface area contributed by atoms with Crippen molar-refractivity contribution in [3.8, 4) is 23.1 Å². The molecule has 0 aliphatic heterocycles. The molecule has 0 unspecified atom stereocenters. The number of halogens is 2. The molecular weight excluding hydrogens is 601 g/mol. The highest BCUT2D eigenvalue weighted by molar-refractivity contribution is 6.33. The number of amides is 2. The number of rotatable bonds is 7. The third-order valence-corrected chi connectivity index (χ3v) is 6.98. The Morgan fingerprint density at radius 1 is 1.00 bits per heavy atom. The molecule has 0 bridgehead atoms. The lowest BCUT2D eigenvalue weighted by molar-refractivity contribution is 0.0920. The van der Waals surface area contributed by atoms with E-state index < -0.39 is 17.4 Å². The smallest absolute Gasteiger partial charge is 0.274 e. The summed E-state index contributed by atoms with van der Waals surface area (Å²) in [6.07, 6.45) is 3.13. The molecule has 13 heteroatoms. The maximum absolute atomic E-state index is 13.9. The third kappa shape index (κ3) is 6.62. The second-order valence-electron chi connectivity index (χ2n) is 11.0. The molecule has 0 fully saturated rings. The normalized spacial score (nSPS) is 11.2. The quantitative estimate of drug-likeness (QED) is 0.230. The Morgan fingerprint density at radius 2 is 1.75 bits per heavy atom. The van der Waals surface area contributed by atoms with Gasteiger partial charge in [0.25, 0.3) is 11.8 Å². The SMILES string of the molecule is Cc1cc(C#N)cc(C(=O)NC(C)(C)C)c1NC(=O)c1cc(Cn2ncc(-c3ccccc3Cl)n2)nn1-c1ncccc1Cl. The van der Waals surface area contributed by atoms with Gasteiger partial charge in [-0.05, 0) is 69.7 Å². The van der Waals surface area contributed by atoms with Crippen molar-refractivity contribution in [2.75, 3.05) is 5.32 Å². The van der Waals surface area contributed by atoms with Crippen LogP contribution in [0.2, 0.25) is 10.0 Å². The Hall–Kier alpha value is -5.05. The molecule has 0 aliphatic carbocycles. The molecule has 0 saturated heterocycles. The summed E-state index contributed by atoms with van der Waals surface area (Å²) in [5, 5.41) is 29.6. The Labute approximate surface area is 263 Å². The van der Waals surface area contributed by atoms with Gasteiger partial charge in [-0.3, -0.25) is 9.59 Å². The van der Waals surface area contributed by atoms with E-state index in [0.29, 0.717) is 22.0 Å². The summed E-state index contributed by atoms with van der Waals surface area (Å²) in [7, 11) is 0. The highest BCUT2D eigenvalue weighted by Gasteiger charge is 2.25. The highest BCUT2D eigenvalue weighted by Crippen LogP contribution is 2.27. The van der Waals surface area contributed by atoms with Crippen molar-refractivity contribution < 1.29 is 9.59 Å². The number of nitriles is 1. The summed E-state index contributed by atoms with van der Waals surface area (Å²) in [6, 6.07) is 17.3. The fraction of sp³-hybridized carbons (Fsp3) is 0.194. The van der Waals surface area contributed by atoms with Crippen LogP contribution >= 0.6 is 23.2 Å². The zero-order valence-corrected chi connectivity index (χ0v) is 25.8. The predicted octanol–water partition coefficient (Wildman–Crippen LogP) is 5.84. The molecule has 44 heavy (non-hydrogen) atoms. The lowest BCUT2D eigenvalue weighted by Gasteiger charge is -2.22. The van der Waals surface area contributed by atoms with E-state index in [1.807, 2.05) is 39.0 Å². The Morgan fingerprint density at radius 3 is 2.45 bits per heavy atom. The molecule has 2 amide bonds. The second kappa shape index (κ2) is 12.3. The van der Waals surface area contributed by atoms with Crippen molar-refractivity contribution >= 4 is 40.7 Å². The molecular formula is C31H27Cl2N9O2. The molecule has 2 aromatic carbocycles. The molecule has 2 N–H and O–H groups in total. The van der Waals surface area contributed by atoms with Gasteiger partial charge in [-0.1, -0.05) is 41.4 Å². The van der Waals surface area contributed by atoms with E-state index in [2.05, 4.69) is 37.0 Å². The van der Waals surface area contributed by atoms with E-state index in [-0.39, 0.29) is 39.9 Å². The number of aryl methyl sites for hydroxylation is 1.